The first-order valence-electron chi connectivity index (χ1n) is 15.7. The van der Waals surface area contributed by atoms with Crippen molar-refractivity contribution in [1.82, 2.24) is 19.3 Å². The Kier molecular flexibility index (Phi) is 8.83. The normalized spacial score (nSPS) is 21.5. The van der Waals surface area contributed by atoms with Gasteiger partial charge in [-0.2, -0.15) is 12.7 Å². The van der Waals surface area contributed by atoms with Gasteiger partial charge in [0.05, 0.1) is 31.2 Å². The Hall–Kier alpha value is -3.96. The molecular weight excluding hydrogens is 592 g/mol. The van der Waals surface area contributed by atoms with E-state index in [1.165, 1.54) is 4.31 Å². The molecule has 10 nitrogen and oxygen atoms in total. The Balaban J connectivity index is 1.46. The van der Waals surface area contributed by atoms with Crippen LogP contribution in [-0.4, -0.2) is 46.9 Å². The second kappa shape index (κ2) is 12.8. The van der Waals surface area contributed by atoms with E-state index < -0.39 is 16.3 Å². The van der Waals surface area contributed by atoms with Crippen molar-refractivity contribution >= 4 is 27.3 Å². The summed E-state index contributed by atoms with van der Waals surface area (Å²) < 4.78 is 47.2. The molecule has 0 spiro atoms. The largest absolute Gasteiger partial charge is 0.494 e. The molecule has 3 aliphatic heterocycles. The molecule has 0 aliphatic carbocycles. The molecule has 1 aromatic heterocycles. The lowest BCUT2D eigenvalue weighted by molar-refractivity contribution is -0.143. The Labute approximate surface area is 264 Å². The van der Waals surface area contributed by atoms with Gasteiger partial charge < -0.3 is 13.7 Å². The topological polar surface area (TPSA) is 113 Å². The van der Waals surface area contributed by atoms with Crippen molar-refractivity contribution in [3.05, 3.63) is 81.9 Å². The van der Waals surface area contributed by atoms with Crippen LogP contribution in [0, 0.1) is 13.8 Å². The molecule has 0 saturated carbocycles. The molecule has 4 heterocycles. The maximum atomic E-state index is 13.4. The monoisotopic (exact) mass is 632 g/mol. The minimum atomic E-state index is -4.07. The molecule has 9 bridgehead atoms. The first kappa shape index (κ1) is 31.0. The summed E-state index contributed by atoms with van der Waals surface area (Å²) in [5, 5.41) is 9.02. The number of fused-ring (bicyclic) bond motifs is 7. The molecule has 4 aromatic rings. The van der Waals surface area contributed by atoms with Gasteiger partial charge in [0.25, 0.3) is 0 Å². The molecule has 7 rings (SSSR count). The van der Waals surface area contributed by atoms with Gasteiger partial charge in [0, 0.05) is 24.6 Å². The number of esters is 1. The predicted octanol–water partition coefficient (Wildman–Crippen LogP) is 6.29. The quantitative estimate of drug-likeness (QED) is 0.242. The van der Waals surface area contributed by atoms with Crippen LogP contribution in [0.25, 0.3) is 11.0 Å². The van der Waals surface area contributed by atoms with E-state index >= 15 is 0 Å². The minimum Gasteiger partial charge on any atom is -0.494 e. The summed E-state index contributed by atoms with van der Waals surface area (Å²) in [5.41, 5.74) is 7.10. The van der Waals surface area contributed by atoms with Crippen molar-refractivity contribution in [3.8, 4) is 11.5 Å². The lowest BCUT2D eigenvalue weighted by atomic mass is 9.83. The molecular formula is C34H40N4O6S. The summed E-state index contributed by atoms with van der Waals surface area (Å²) in [6, 6.07) is 14.9. The lowest BCUT2D eigenvalue weighted by Gasteiger charge is -2.33. The number of rotatable bonds is 3. The van der Waals surface area contributed by atoms with Crippen LogP contribution in [0.3, 0.4) is 0 Å². The van der Waals surface area contributed by atoms with Crippen LogP contribution in [-0.2, 0) is 32.9 Å². The maximum absolute atomic E-state index is 13.4. The number of carbonyl (C=O) groups is 1. The maximum Gasteiger partial charge on any atom is 0.386 e. The number of aromatic nitrogens is 3. The van der Waals surface area contributed by atoms with Gasteiger partial charge in [0.2, 0.25) is 0 Å². The highest BCUT2D eigenvalue weighted by atomic mass is 32.2. The molecule has 2 unspecified atom stereocenters. The zero-order valence-corrected chi connectivity index (χ0v) is 27.1. The number of nitrogens with zero attached hydrogens (tertiary/aromatic N) is 4. The molecule has 0 radical (unpaired) electrons. The van der Waals surface area contributed by atoms with Gasteiger partial charge in [-0.05, 0) is 99.0 Å². The highest BCUT2D eigenvalue weighted by Crippen LogP contribution is 2.40. The summed E-state index contributed by atoms with van der Waals surface area (Å²) in [6.45, 7) is 9.43. The van der Waals surface area contributed by atoms with Crippen LogP contribution in [0.2, 0.25) is 0 Å². The van der Waals surface area contributed by atoms with E-state index in [0.29, 0.717) is 18.1 Å². The van der Waals surface area contributed by atoms with Crippen LogP contribution < -0.4 is 8.92 Å². The standard InChI is InChI=1S/C34H40N4O6S/c1-5-42-33(39)20-30-25-11-10-22(2)29(19-25)24(4)38-21-26-18-27(12-15-32(26)44-45(38,40)41)43-17-9-7-6-8-16-37-31-14-13-28(30)23(3)34(31)35-36-37/h10-15,18-19,24,30H,5-9,16-17,20-21H2,1-4H3/t24-,30?/m1/s1. The van der Waals surface area contributed by atoms with Crippen LogP contribution >= 0.6 is 0 Å². The molecule has 0 N–H and O–H groups in total. The molecule has 3 atom stereocenters. The van der Waals surface area contributed by atoms with Crippen molar-refractivity contribution in [3.63, 3.8) is 0 Å². The average molecular weight is 633 g/mol. The molecule has 238 valence electrons. The Morgan fingerprint density at radius 1 is 1.02 bits per heavy atom. The fourth-order valence-electron chi connectivity index (χ4n) is 6.50. The molecule has 45 heavy (non-hydrogen) atoms. The van der Waals surface area contributed by atoms with E-state index in [4.69, 9.17) is 13.7 Å². The highest BCUT2D eigenvalue weighted by molar-refractivity contribution is 7.84. The first-order valence-corrected chi connectivity index (χ1v) is 17.1. The van der Waals surface area contributed by atoms with Crippen LogP contribution in [0.1, 0.15) is 91.3 Å². The Bertz CT molecular complexity index is 1840. The van der Waals surface area contributed by atoms with Gasteiger partial charge in [-0.3, -0.25) is 4.79 Å². The number of aryl methyl sites for hydroxylation is 3. The van der Waals surface area contributed by atoms with Gasteiger partial charge in [0.1, 0.15) is 17.0 Å². The van der Waals surface area contributed by atoms with Gasteiger partial charge in [0.15, 0.2) is 0 Å². The number of ether oxygens (including phenoxy) is 2. The molecule has 11 heteroatoms. The predicted molar refractivity (Wildman–Crippen MR) is 170 cm³/mol. The molecule has 3 aromatic carbocycles. The highest BCUT2D eigenvalue weighted by Gasteiger charge is 2.37. The summed E-state index contributed by atoms with van der Waals surface area (Å²) in [4.78, 5) is 12.9. The zero-order valence-electron chi connectivity index (χ0n) is 26.3. The molecule has 0 saturated heterocycles. The second-order valence-corrected chi connectivity index (χ2v) is 13.4. The summed E-state index contributed by atoms with van der Waals surface area (Å²) in [5.74, 6) is 0.372. The fraction of sp³-hybridized carbons (Fsp3) is 0.441. The third kappa shape index (κ3) is 6.28. The molecule has 3 aliphatic rings. The smallest absolute Gasteiger partial charge is 0.386 e. The van der Waals surface area contributed by atoms with Gasteiger partial charge in [-0.25, -0.2) is 4.68 Å². The van der Waals surface area contributed by atoms with E-state index in [2.05, 4.69) is 16.4 Å². The van der Waals surface area contributed by atoms with Crippen molar-refractivity contribution in [2.45, 2.75) is 84.8 Å². The van der Waals surface area contributed by atoms with Crippen molar-refractivity contribution in [2.75, 3.05) is 13.2 Å². The number of hydrogen-bond acceptors (Lipinski definition) is 8. The van der Waals surface area contributed by atoms with Gasteiger partial charge in [-0.1, -0.05) is 35.9 Å². The average Bonchev–Trinajstić information content (AvgIpc) is 3.43. The number of carbonyl (C=O) groups excluding carboxylic acids is 1. The second-order valence-electron chi connectivity index (χ2n) is 11.9. The SMILES string of the molecule is CCOC(=O)CC1c2ccc(C)c(c2)[C@@H](C)N2Cc3cc(ccc3OS2(=O)=O)OCCCCCCn2nnc3c(C)c1ccc32. The number of benzene rings is 3. The lowest BCUT2D eigenvalue weighted by Crippen LogP contribution is -2.39. The minimum absolute atomic E-state index is 0.131. The van der Waals surface area contributed by atoms with Crippen LogP contribution in [0.4, 0.5) is 0 Å². The van der Waals surface area contributed by atoms with E-state index in [1.807, 2.05) is 55.8 Å². The van der Waals surface area contributed by atoms with Crippen molar-refractivity contribution in [1.29, 1.82) is 0 Å². The molecule has 0 amide bonds. The van der Waals surface area contributed by atoms with E-state index in [1.54, 1.807) is 19.1 Å². The summed E-state index contributed by atoms with van der Waals surface area (Å²) >= 11 is 0. The van der Waals surface area contributed by atoms with E-state index in [0.717, 1.165) is 76.6 Å². The summed E-state index contributed by atoms with van der Waals surface area (Å²) in [7, 11) is -4.07. The Morgan fingerprint density at radius 2 is 1.84 bits per heavy atom. The number of hydrogen-bond donors (Lipinski definition) is 0. The third-order valence-corrected chi connectivity index (χ3v) is 10.4. The first-order chi connectivity index (χ1) is 21.7. The summed E-state index contributed by atoms with van der Waals surface area (Å²) in [6.07, 6.45) is 4.05. The van der Waals surface area contributed by atoms with Crippen LogP contribution in [0.5, 0.6) is 11.5 Å². The van der Waals surface area contributed by atoms with Crippen molar-refractivity contribution in [2.24, 2.45) is 0 Å². The Morgan fingerprint density at radius 3 is 2.67 bits per heavy atom. The van der Waals surface area contributed by atoms with Crippen LogP contribution in [0.15, 0.2) is 48.5 Å². The van der Waals surface area contributed by atoms with E-state index in [9.17, 15) is 13.2 Å². The van der Waals surface area contributed by atoms with Crippen molar-refractivity contribution < 1.29 is 26.9 Å². The van der Waals surface area contributed by atoms with E-state index in [-0.39, 0.29) is 31.5 Å². The molecule has 0 fully saturated rings. The fourth-order valence-corrected chi connectivity index (χ4v) is 7.78. The van der Waals surface area contributed by atoms with Gasteiger partial charge in [-0.15, -0.1) is 5.10 Å². The van der Waals surface area contributed by atoms with Gasteiger partial charge >= 0.3 is 16.3 Å². The zero-order chi connectivity index (χ0) is 31.7. The third-order valence-electron chi connectivity index (χ3n) is 9.00.